The third-order valence-electron chi connectivity index (χ3n) is 4.44. The number of anilines is 1. The van der Waals surface area contributed by atoms with Crippen LogP contribution in [-0.4, -0.2) is 22.8 Å². The van der Waals surface area contributed by atoms with Gasteiger partial charge in [-0.05, 0) is 47.5 Å². The third kappa shape index (κ3) is 4.60. The summed E-state index contributed by atoms with van der Waals surface area (Å²) in [6, 6.07) is 20.8. The second-order valence-electron chi connectivity index (χ2n) is 6.36. The molecule has 0 aromatic heterocycles. The highest BCUT2D eigenvalue weighted by molar-refractivity contribution is 6.31. The summed E-state index contributed by atoms with van der Waals surface area (Å²) in [5.74, 6) is -1.78. The Morgan fingerprint density at radius 2 is 1.30 bits per heavy atom. The van der Waals surface area contributed by atoms with Crippen molar-refractivity contribution in [2.75, 3.05) is 10.9 Å². The average Bonchev–Trinajstić information content (AvgIpc) is 2.77. The Bertz CT molecular complexity index is 980. The van der Waals surface area contributed by atoms with Crippen LogP contribution >= 0.6 is 34.8 Å². The molecule has 8 heteroatoms. The van der Waals surface area contributed by atoms with Crippen molar-refractivity contribution in [1.82, 2.24) is 5.43 Å². The highest BCUT2D eigenvalue weighted by atomic mass is 35.5. The largest absolute Gasteiger partial charge is 0.372 e. The number of hydrogen-bond donors (Lipinski definition) is 2. The molecule has 3 aromatic rings. The summed E-state index contributed by atoms with van der Waals surface area (Å²) in [5.41, 5.74) is 1.28. The fraction of sp³-hybridized carbons (Fsp3) is 0.0909. The molecule has 0 saturated carbocycles. The number of para-hydroxylation sites is 1. The average molecular weight is 464 g/mol. The van der Waals surface area contributed by atoms with E-state index in [-0.39, 0.29) is 17.0 Å². The SMILES string of the molecule is O=C(CCl)N(NC(=O)C(O)(c1ccc(Cl)cc1)c1ccc(Cl)cc1)c1ccccc1. The summed E-state index contributed by atoms with van der Waals surface area (Å²) < 4.78 is 0. The zero-order valence-electron chi connectivity index (χ0n) is 15.6. The minimum atomic E-state index is -2.13. The van der Waals surface area contributed by atoms with Crippen molar-refractivity contribution in [3.63, 3.8) is 0 Å². The molecular weight excluding hydrogens is 447 g/mol. The predicted octanol–water partition coefficient (Wildman–Crippen LogP) is 4.53. The molecule has 0 unspecified atom stereocenters. The van der Waals surface area contributed by atoms with Crippen LogP contribution in [0.1, 0.15) is 11.1 Å². The Kier molecular flexibility index (Phi) is 7.00. The molecule has 30 heavy (non-hydrogen) atoms. The Labute approximate surface area is 188 Å². The first-order chi connectivity index (χ1) is 14.4. The summed E-state index contributed by atoms with van der Waals surface area (Å²) in [7, 11) is 0. The zero-order valence-corrected chi connectivity index (χ0v) is 17.8. The lowest BCUT2D eigenvalue weighted by atomic mass is 9.85. The fourth-order valence-electron chi connectivity index (χ4n) is 2.90. The van der Waals surface area contributed by atoms with Gasteiger partial charge in [-0.25, -0.2) is 5.01 Å². The molecule has 3 rings (SSSR count). The Morgan fingerprint density at radius 3 is 1.73 bits per heavy atom. The summed E-state index contributed by atoms with van der Waals surface area (Å²) in [6.07, 6.45) is 0. The molecule has 0 bridgehead atoms. The molecule has 0 aliphatic carbocycles. The fourth-order valence-corrected chi connectivity index (χ4v) is 3.27. The molecular formula is C22H17Cl3N2O3. The van der Waals surface area contributed by atoms with Crippen molar-refractivity contribution in [3.8, 4) is 0 Å². The van der Waals surface area contributed by atoms with Gasteiger partial charge in [0.1, 0.15) is 5.88 Å². The van der Waals surface area contributed by atoms with E-state index in [4.69, 9.17) is 34.8 Å². The molecule has 0 aliphatic rings. The van der Waals surface area contributed by atoms with Crippen LogP contribution in [0.5, 0.6) is 0 Å². The quantitative estimate of drug-likeness (QED) is 0.431. The molecule has 0 saturated heterocycles. The molecule has 0 spiro atoms. The van der Waals surface area contributed by atoms with Crippen LogP contribution in [0.3, 0.4) is 0 Å². The van der Waals surface area contributed by atoms with Gasteiger partial charge in [0.05, 0.1) is 5.69 Å². The molecule has 5 nitrogen and oxygen atoms in total. The van der Waals surface area contributed by atoms with Gasteiger partial charge in [0, 0.05) is 10.0 Å². The van der Waals surface area contributed by atoms with E-state index in [0.29, 0.717) is 15.7 Å². The van der Waals surface area contributed by atoms with Crippen molar-refractivity contribution in [1.29, 1.82) is 0 Å². The molecule has 2 N–H and O–H groups in total. The van der Waals surface area contributed by atoms with E-state index in [1.807, 2.05) is 0 Å². The van der Waals surface area contributed by atoms with E-state index in [2.05, 4.69) is 5.43 Å². The molecule has 3 aromatic carbocycles. The third-order valence-corrected chi connectivity index (χ3v) is 5.18. The smallest absolute Gasteiger partial charge is 0.280 e. The minimum absolute atomic E-state index is 0.262. The molecule has 0 radical (unpaired) electrons. The van der Waals surface area contributed by atoms with Gasteiger partial charge in [0.25, 0.3) is 11.8 Å². The summed E-state index contributed by atoms with van der Waals surface area (Å²) in [6.45, 7) is 0. The molecule has 0 aliphatic heterocycles. The second kappa shape index (κ2) is 9.49. The summed E-state index contributed by atoms with van der Waals surface area (Å²) in [4.78, 5) is 25.8. The van der Waals surface area contributed by atoms with Crippen LogP contribution < -0.4 is 10.4 Å². The summed E-state index contributed by atoms with van der Waals surface area (Å²) in [5, 5.41) is 13.5. The normalized spacial score (nSPS) is 11.1. The number of hydrogen-bond acceptors (Lipinski definition) is 3. The van der Waals surface area contributed by atoms with Gasteiger partial charge < -0.3 is 5.11 Å². The number of halogens is 3. The standard InChI is InChI=1S/C22H17Cl3N2O3/c23-14-20(28)27(19-4-2-1-3-5-19)26-21(29)22(30,15-6-10-17(24)11-7-15)16-8-12-18(25)13-9-16/h1-13,30H,14H2,(H,26,29). The first-order valence-electron chi connectivity index (χ1n) is 8.85. The lowest BCUT2D eigenvalue weighted by molar-refractivity contribution is -0.138. The van der Waals surface area contributed by atoms with Gasteiger partial charge in [-0.2, -0.15) is 0 Å². The van der Waals surface area contributed by atoms with Crippen LogP contribution in [0.15, 0.2) is 78.9 Å². The monoisotopic (exact) mass is 462 g/mol. The number of carbonyl (C=O) groups excluding carboxylic acids is 2. The number of nitrogens with one attached hydrogen (secondary N) is 1. The van der Waals surface area contributed by atoms with E-state index in [1.165, 1.54) is 24.3 Å². The van der Waals surface area contributed by atoms with Crippen LogP contribution in [0, 0.1) is 0 Å². The number of carbonyl (C=O) groups is 2. The number of aliphatic hydroxyl groups is 1. The number of alkyl halides is 1. The van der Waals surface area contributed by atoms with Gasteiger partial charge in [-0.1, -0.05) is 65.7 Å². The number of rotatable bonds is 5. The van der Waals surface area contributed by atoms with E-state index in [9.17, 15) is 14.7 Å². The lowest BCUT2D eigenvalue weighted by Crippen LogP contribution is -2.55. The second-order valence-corrected chi connectivity index (χ2v) is 7.50. The molecule has 0 atom stereocenters. The predicted molar refractivity (Wildman–Crippen MR) is 119 cm³/mol. The lowest BCUT2D eigenvalue weighted by Gasteiger charge is -2.31. The Morgan fingerprint density at radius 1 is 0.833 bits per heavy atom. The van der Waals surface area contributed by atoms with Crippen molar-refractivity contribution in [3.05, 3.63) is 100 Å². The highest BCUT2D eigenvalue weighted by Gasteiger charge is 2.41. The maximum absolute atomic E-state index is 13.4. The number of benzene rings is 3. The molecule has 2 amide bonds. The Balaban J connectivity index is 2.06. The maximum Gasteiger partial charge on any atom is 0.280 e. The van der Waals surface area contributed by atoms with Crippen molar-refractivity contribution in [2.45, 2.75) is 5.60 Å². The van der Waals surface area contributed by atoms with E-state index in [1.54, 1.807) is 54.6 Å². The summed E-state index contributed by atoms with van der Waals surface area (Å²) >= 11 is 17.7. The van der Waals surface area contributed by atoms with Gasteiger partial charge in [-0.3, -0.25) is 15.0 Å². The molecule has 154 valence electrons. The topological polar surface area (TPSA) is 69.6 Å². The zero-order chi connectivity index (χ0) is 21.7. The molecule has 0 heterocycles. The first-order valence-corrected chi connectivity index (χ1v) is 10.1. The van der Waals surface area contributed by atoms with Gasteiger partial charge in [-0.15, -0.1) is 11.6 Å². The Hall–Kier alpha value is -2.57. The number of nitrogens with zero attached hydrogens (tertiary/aromatic N) is 1. The van der Waals surface area contributed by atoms with Crippen molar-refractivity contribution >= 4 is 52.3 Å². The van der Waals surface area contributed by atoms with E-state index in [0.717, 1.165) is 5.01 Å². The van der Waals surface area contributed by atoms with E-state index < -0.39 is 17.4 Å². The highest BCUT2D eigenvalue weighted by Crippen LogP contribution is 2.32. The minimum Gasteiger partial charge on any atom is -0.372 e. The van der Waals surface area contributed by atoms with Gasteiger partial charge in [0.2, 0.25) is 0 Å². The van der Waals surface area contributed by atoms with Crippen molar-refractivity contribution in [2.24, 2.45) is 0 Å². The van der Waals surface area contributed by atoms with Crippen LogP contribution in [0.2, 0.25) is 10.0 Å². The van der Waals surface area contributed by atoms with Crippen LogP contribution in [0.25, 0.3) is 0 Å². The van der Waals surface area contributed by atoms with Crippen LogP contribution in [0.4, 0.5) is 5.69 Å². The molecule has 0 fully saturated rings. The van der Waals surface area contributed by atoms with Gasteiger partial charge in [0.15, 0.2) is 5.60 Å². The first kappa shape index (κ1) is 22.1. The van der Waals surface area contributed by atoms with E-state index >= 15 is 0 Å². The maximum atomic E-state index is 13.4. The van der Waals surface area contributed by atoms with Gasteiger partial charge >= 0.3 is 0 Å². The number of hydrazine groups is 1. The van der Waals surface area contributed by atoms with Crippen molar-refractivity contribution < 1.29 is 14.7 Å². The van der Waals surface area contributed by atoms with Crippen LogP contribution in [-0.2, 0) is 15.2 Å². The number of amides is 2.